The van der Waals surface area contributed by atoms with E-state index in [2.05, 4.69) is 27.4 Å². The van der Waals surface area contributed by atoms with Gasteiger partial charge in [0.25, 0.3) is 0 Å². The van der Waals surface area contributed by atoms with Crippen molar-refractivity contribution in [2.45, 2.75) is 76.8 Å². The van der Waals surface area contributed by atoms with Crippen molar-refractivity contribution in [1.29, 1.82) is 0 Å². The molecule has 1 atom stereocenters. The van der Waals surface area contributed by atoms with Crippen LogP contribution >= 0.6 is 12.2 Å². The van der Waals surface area contributed by atoms with E-state index in [-0.39, 0.29) is 0 Å². The lowest BCUT2D eigenvalue weighted by Crippen LogP contribution is -2.39. The molecule has 0 bridgehead atoms. The molecular formula is C24H33N5OS. The number of aromatic nitrogens is 2. The molecule has 1 saturated carbocycles. The summed E-state index contributed by atoms with van der Waals surface area (Å²) in [6, 6.07) is 12.5. The van der Waals surface area contributed by atoms with E-state index >= 15 is 0 Å². The number of benzene rings is 1. The Labute approximate surface area is 190 Å². The van der Waals surface area contributed by atoms with E-state index in [1.54, 1.807) is 0 Å². The van der Waals surface area contributed by atoms with Crippen LogP contribution in [0.2, 0.25) is 0 Å². The molecule has 2 fully saturated rings. The van der Waals surface area contributed by atoms with Crippen molar-refractivity contribution >= 4 is 29.1 Å². The molecule has 0 amide bonds. The van der Waals surface area contributed by atoms with Crippen molar-refractivity contribution in [3.05, 3.63) is 36.4 Å². The average molecular weight is 440 g/mol. The van der Waals surface area contributed by atoms with Crippen LogP contribution in [0.25, 0.3) is 0 Å². The monoisotopic (exact) mass is 439 g/mol. The Balaban J connectivity index is 1.52. The van der Waals surface area contributed by atoms with Crippen molar-refractivity contribution in [3.63, 3.8) is 0 Å². The van der Waals surface area contributed by atoms with E-state index in [1.165, 1.54) is 44.9 Å². The summed E-state index contributed by atoms with van der Waals surface area (Å²) in [6.45, 7) is 3.25. The molecule has 6 nitrogen and oxygen atoms in total. The second kappa shape index (κ2) is 10.8. The van der Waals surface area contributed by atoms with Crippen LogP contribution < -0.4 is 20.3 Å². The summed E-state index contributed by atoms with van der Waals surface area (Å²) in [5.41, 5.74) is 0. The normalized spacial score (nSPS) is 20.0. The molecule has 1 unspecified atom stereocenters. The minimum Gasteiger partial charge on any atom is -0.439 e. The molecule has 1 aliphatic heterocycles. The number of thiocarbonyl (C=S) groups is 1. The van der Waals surface area contributed by atoms with E-state index in [0.29, 0.717) is 29.0 Å². The van der Waals surface area contributed by atoms with Gasteiger partial charge in [-0.2, -0.15) is 9.97 Å². The highest BCUT2D eigenvalue weighted by Gasteiger charge is 2.22. The first-order valence-electron chi connectivity index (χ1n) is 11.6. The van der Waals surface area contributed by atoms with E-state index in [1.807, 2.05) is 36.4 Å². The number of piperidine rings is 1. The van der Waals surface area contributed by atoms with Crippen molar-refractivity contribution in [1.82, 2.24) is 15.3 Å². The Morgan fingerprint density at radius 1 is 1.00 bits per heavy atom. The quantitative estimate of drug-likeness (QED) is 0.460. The molecule has 0 radical (unpaired) electrons. The molecule has 7 heteroatoms. The van der Waals surface area contributed by atoms with Gasteiger partial charge >= 0.3 is 0 Å². The maximum atomic E-state index is 6.05. The van der Waals surface area contributed by atoms with Crippen LogP contribution in [0, 0.1) is 0 Å². The van der Waals surface area contributed by atoms with Gasteiger partial charge in [-0.25, -0.2) is 0 Å². The Hall–Kier alpha value is -2.41. The van der Waals surface area contributed by atoms with E-state index < -0.39 is 0 Å². The number of anilines is 2. The molecule has 4 rings (SSSR count). The first kappa shape index (κ1) is 21.8. The van der Waals surface area contributed by atoms with Gasteiger partial charge in [-0.15, -0.1) is 0 Å². The minimum atomic E-state index is 0.424. The van der Waals surface area contributed by atoms with Gasteiger partial charge in [0.05, 0.1) is 0 Å². The van der Waals surface area contributed by atoms with Gasteiger partial charge in [0, 0.05) is 24.7 Å². The first-order valence-corrected chi connectivity index (χ1v) is 12.0. The molecule has 1 aromatic carbocycles. The fourth-order valence-electron chi connectivity index (χ4n) is 4.46. The van der Waals surface area contributed by atoms with Gasteiger partial charge in [0.15, 0.2) is 5.11 Å². The average Bonchev–Trinajstić information content (AvgIpc) is 3.03. The topological polar surface area (TPSA) is 62.3 Å². The second-order valence-electron chi connectivity index (χ2n) is 8.63. The largest absolute Gasteiger partial charge is 0.439 e. The van der Waals surface area contributed by atoms with Gasteiger partial charge in [-0.1, -0.05) is 43.9 Å². The molecule has 2 N–H and O–H groups in total. The minimum absolute atomic E-state index is 0.424. The molecule has 2 aliphatic rings. The Kier molecular flexibility index (Phi) is 7.57. The lowest BCUT2D eigenvalue weighted by Gasteiger charge is -2.34. The molecule has 1 aromatic heterocycles. The van der Waals surface area contributed by atoms with Gasteiger partial charge < -0.3 is 20.3 Å². The maximum Gasteiger partial charge on any atom is 0.234 e. The lowest BCUT2D eigenvalue weighted by molar-refractivity contribution is 0.457. The molecule has 2 aromatic rings. The third kappa shape index (κ3) is 6.29. The summed E-state index contributed by atoms with van der Waals surface area (Å²) in [5.74, 6) is 2.64. The number of nitrogens with one attached hydrogen (secondary N) is 2. The van der Waals surface area contributed by atoms with Crippen LogP contribution in [0.15, 0.2) is 36.4 Å². The highest BCUT2D eigenvalue weighted by Crippen LogP contribution is 2.29. The summed E-state index contributed by atoms with van der Waals surface area (Å²) in [4.78, 5) is 11.7. The first-order chi connectivity index (χ1) is 15.2. The fraction of sp³-hybridized carbons (Fsp3) is 0.542. The molecule has 2 heterocycles. The number of para-hydroxylation sites is 1. The summed E-state index contributed by atoms with van der Waals surface area (Å²) >= 11 is 5.60. The van der Waals surface area contributed by atoms with E-state index in [0.717, 1.165) is 31.0 Å². The van der Waals surface area contributed by atoms with Crippen LogP contribution in [0.3, 0.4) is 0 Å². The smallest absolute Gasteiger partial charge is 0.234 e. The summed E-state index contributed by atoms with van der Waals surface area (Å²) in [5, 5.41) is 7.28. The molecular weight excluding hydrogens is 406 g/mol. The standard InChI is InChI=1S/C24H33N5OS/c1-18-11-9-10-16-29(18)21-17-22(30-20-14-7-4-8-15-20)27-23(26-21)28-24(31)25-19-12-5-2-3-6-13-19/h4,7-8,14-15,17-19H,2-3,5-6,9-13,16H2,1H3,(H2,25,26,27,28,31). The van der Waals surface area contributed by atoms with Gasteiger partial charge in [0.1, 0.15) is 11.6 Å². The third-order valence-electron chi connectivity index (χ3n) is 6.17. The Morgan fingerprint density at radius 2 is 1.74 bits per heavy atom. The zero-order valence-corrected chi connectivity index (χ0v) is 19.2. The Morgan fingerprint density at radius 3 is 2.48 bits per heavy atom. The van der Waals surface area contributed by atoms with Crippen molar-refractivity contribution in [3.8, 4) is 11.6 Å². The molecule has 0 spiro atoms. The van der Waals surface area contributed by atoms with Crippen molar-refractivity contribution in [2.75, 3.05) is 16.8 Å². The highest BCUT2D eigenvalue weighted by molar-refractivity contribution is 7.80. The van der Waals surface area contributed by atoms with Crippen molar-refractivity contribution in [2.24, 2.45) is 0 Å². The third-order valence-corrected chi connectivity index (χ3v) is 6.39. The van der Waals surface area contributed by atoms with Crippen LogP contribution in [-0.4, -0.2) is 33.7 Å². The maximum absolute atomic E-state index is 6.05. The molecule has 1 saturated heterocycles. The number of nitrogens with zero attached hydrogens (tertiary/aromatic N) is 3. The fourth-order valence-corrected chi connectivity index (χ4v) is 4.72. The number of hydrogen-bond donors (Lipinski definition) is 2. The second-order valence-corrected chi connectivity index (χ2v) is 9.04. The number of rotatable bonds is 5. The number of ether oxygens (including phenoxy) is 1. The lowest BCUT2D eigenvalue weighted by atomic mass is 10.0. The van der Waals surface area contributed by atoms with E-state index in [9.17, 15) is 0 Å². The predicted octanol–water partition coefficient (Wildman–Crippen LogP) is 5.66. The number of hydrogen-bond acceptors (Lipinski definition) is 5. The highest BCUT2D eigenvalue weighted by atomic mass is 32.1. The van der Waals surface area contributed by atoms with Crippen LogP contribution in [0.4, 0.5) is 11.8 Å². The van der Waals surface area contributed by atoms with Crippen LogP contribution in [0.5, 0.6) is 11.6 Å². The van der Waals surface area contributed by atoms with Crippen LogP contribution in [-0.2, 0) is 0 Å². The van der Waals surface area contributed by atoms with E-state index in [4.69, 9.17) is 21.9 Å². The summed E-state index contributed by atoms with van der Waals surface area (Å²) in [6.07, 6.45) is 11.1. The van der Waals surface area contributed by atoms with Gasteiger partial charge in [-0.05, 0) is 63.4 Å². The predicted molar refractivity (Wildman–Crippen MR) is 130 cm³/mol. The summed E-state index contributed by atoms with van der Waals surface area (Å²) < 4.78 is 6.05. The van der Waals surface area contributed by atoms with Crippen molar-refractivity contribution < 1.29 is 4.74 Å². The zero-order chi connectivity index (χ0) is 21.5. The molecule has 166 valence electrons. The SMILES string of the molecule is CC1CCCCN1c1cc(Oc2ccccc2)nc(NC(=S)NC2CCCCCC2)n1. The van der Waals surface area contributed by atoms with Gasteiger partial charge in [0.2, 0.25) is 11.8 Å². The van der Waals surface area contributed by atoms with Gasteiger partial charge in [-0.3, -0.25) is 0 Å². The summed E-state index contributed by atoms with van der Waals surface area (Å²) in [7, 11) is 0. The Bertz CT molecular complexity index is 854. The van der Waals surface area contributed by atoms with Crippen LogP contribution in [0.1, 0.15) is 64.7 Å². The zero-order valence-electron chi connectivity index (χ0n) is 18.3. The molecule has 1 aliphatic carbocycles. The molecule has 31 heavy (non-hydrogen) atoms.